The second kappa shape index (κ2) is 7.51. The van der Waals surface area contributed by atoms with Crippen molar-refractivity contribution in [2.45, 2.75) is 13.3 Å². The highest BCUT2D eigenvalue weighted by Crippen LogP contribution is 2.39. The zero-order valence-corrected chi connectivity index (χ0v) is 13.3. The number of hydrogen-bond acceptors (Lipinski definition) is 2. The fourth-order valence-corrected chi connectivity index (χ4v) is 2.51. The van der Waals surface area contributed by atoms with E-state index in [9.17, 15) is 0 Å². The lowest BCUT2D eigenvalue weighted by Crippen LogP contribution is -1.97. The fourth-order valence-electron chi connectivity index (χ4n) is 2.51. The van der Waals surface area contributed by atoms with Gasteiger partial charge < -0.3 is 9.47 Å². The Kier molecular flexibility index (Phi) is 5.42. The molecule has 113 valence electrons. The van der Waals surface area contributed by atoms with Crippen molar-refractivity contribution in [2.75, 3.05) is 14.2 Å². The van der Waals surface area contributed by atoms with Gasteiger partial charge >= 0.3 is 0 Å². The molecule has 0 saturated heterocycles. The summed E-state index contributed by atoms with van der Waals surface area (Å²) in [5.41, 5.74) is 4.25. The molecule has 1 radical (unpaired) electrons. The minimum absolute atomic E-state index is 0.719. The molecule has 0 saturated carbocycles. The fraction of sp³-hybridized carbons (Fsp3) is 0.200. The van der Waals surface area contributed by atoms with E-state index in [2.05, 4.69) is 24.8 Å². The van der Waals surface area contributed by atoms with Gasteiger partial charge in [-0.25, -0.2) is 0 Å². The van der Waals surface area contributed by atoms with Crippen LogP contribution in [0.1, 0.15) is 18.1 Å². The molecule has 0 aliphatic carbocycles. The third-order valence-corrected chi connectivity index (χ3v) is 3.47. The van der Waals surface area contributed by atoms with Crippen molar-refractivity contribution in [2.24, 2.45) is 0 Å². The standard InChI is InChI=1S/C20H21O2/c1-5-8-15-12-13-17(19(14-15)22-4)20-16(9-6-2)10-7-11-18(20)21-3/h5-8,10,12-14H,2,9H2,1,3-4H3. The first-order chi connectivity index (χ1) is 10.7. The molecule has 0 aromatic heterocycles. The molecule has 0 aliphatic rings. The van der Waals surface area contributed by atoms with E-state index < -0.39 is 0 Å². The van der Waals surface area contributed by atoms with Crippen molar-refractivity contribution in [3.8, 4) is 22.6 Å². The van der Waals surface area contributed by atoms with E-state index in [-0.39, 0.29) is 0 Å². The van der Waals surface area contributed by atoms with Crippen LogP contribution in [-0.4, -0.2) is 14.2 Å². The molecule has 0 atom stereocenters. The molecule has 2 nitrogen and oxygen atoms in total. The normalized spacial score (nSPS) is 10.7. The van der Waals surface area contributed by atoms with Crippen molar-refractivity contribution < 1.29 is 9.47 Å². The van der Waals surface area contributed by atoms with Gasteiger partial charge in [0, 0.05) is 17.2 Å². The Morgan fingerprint density at radius 3 is 2.64 bits per heavy atom. The van der Waals surface area contributed by atoms with E-state index in [0.717, 1.165) is 40.2 Å². The van der Waals surface area contributed by atoms with Gasteiger partial charge in [0.1, 0.15) is 11.5 Å². The Balaban J connectivity index is 2.67. The lowest BCUT2D eigenvalue weighted by Gasteiger charge is -2.16. The highest BCUT2D eigenvalue weighted by atomic mass is 16.5. The first kappa shape index (κ1) is 15.9. The summed E-state index contributed by atoms with van der Waals surface area (Å²) in [6, 6.07) is 13.2. The maximum Gasteiger partial charge on any atom is 0.135 e. The zero-order valence-electron chi connectivity index (χ0n) is 13.3. The van der Waals surface area contributed by atoms with Crippen LogP contribution in [0.5, 0.6) is 11.5 Å². The van der Waals surface area contributed by atoms with Gasteiger partial charge in [0.05, 0.1) is 14.2 Å². The molecule has 2 rings (SSSR count). The molecule has 0 N–H and O–H groups in total. The monoisotopic (exact) mass is 293 g/mol. The Bertz CT molecular complexity index is 684. The SMILES string of the molecule is C=CCc1cc[c]c(OC)c1-c1ccc(C=CC)cc1OC. The molecule has 0 unspecified atom stereocenters. The quantitative estimate of drug-likeness (QED) is 0.703. The van der Waals surface area contributed by atoms with Crippen molar-refractivity contribution in [3.05, 3.63) is 66.3 Å². The summed E-state index contributed by atoms with van der Waals surface area (Å²) in [5.74, 6) is 1.54. The number of rotatable bonds is 6. The van der Waals surface area contributed by atoms with Gasteiger partial charge in [0.2, 0.25) is 0 Å². The predicted octanol–water partition coefficient (Wildman–Crippen LogP) is 4.93. The molecular formula is C20H21O2. The largest absolute Gasteiger partial charge is 0.496 e. The Morgan fingerprint density at radius 2 is 2.00 bits per heavy atom. The van der Waals surface area contributed by atoms with E-state index in [1.54, 1.807) is 14.2 Å². The number of allylic oxidation sites excluding steroid dienone is 2. The molecule has 0 aliphatic heterocycles. The Hall–Kier alpha value is -2.48. The zero-order chi connectivity index (χ0) is 15.9. The maximum absolute atomic E-state index is 5.59. The van der Waals surface area contributed by atoms with Crippen LogP contribution in [0.4, 0.5) is 0 Å². The lowest BCUT2D eigenvalue weighted by atomic mass is 9.95. The van der Waals surface area contributed by atoms with E-state index in [1.165, 1.54) is 0 Å². The molecule has 2 aromatic rings. The minimum atomic E-state index is 0.719. The molecule has 22 heavy (non-hydrogen) atoms. The summed E-state index contributed by atoms with van der Waals surface area (Å²) in [4.78, 5) is 0. The summed E-state index contributed by atoms with van der Waals surface area (Å²) in [5, 5.41) is 0. The molecule has 0 heterocycles. The average Bonchev–Trinajstić information content (AvgIpc) is 2.55. The van der Waals surface area contributed by atoms with Crippen LogP contribution >= 0.6 is 0 Å². The van der Waals surface area contributed by atoms with E-state index >= 15 is 0 Å². The van der Waals surface area contributed by atoms with Crippen LogP contribution in [-0.2, 0) is 6.42 Å². The molecule has 2 aromatic carbocycles. The smallest absolute Gasteiger partial charge is 0.135 e. The molecular weight excluding hydrogens is 272 g/mol. The predicted molar refractivity (Wildman–Crippen MR) is 92.4 cm³/mol. The van der Waals surface area contributed by atoms with Gasteiger partial charge in [0.15, 0.2) is 0 Å². The van der Waals surface area contributed by atoms with Crippen LogP contribution in [0.2, 0.25) is 0 Å². The minimum Gasteiger partial charge on any atom is -0.496 e. The first-order valence-corrected chi connectivity index (χ1v) is 7.24. The lowest BCUT2D eigenvalue weighted by molar-refractivity contribution is 0.409. The number of hydrogen-bond donors (Lipinski definition) is 0. The maximum atomic E-state index is 5.59. The molecule has 0 amide bonds. The van der Waals surface area contributed by atoms with Gasteiger partial charge in [-0.3, -0.25) is 0 Å². The van der Waals surface area contributed by atoms with Gasteiger partial charge in [-0.2, -0.15) is 0 Å². The van der Waals surface area contributed by atoms with Gasteiger partial charge in [-0.1, -0.05) is 36.4 Å². The number of methoxy groups -OCH3 is 2. The summed E-state index contributed by atoms with van der Waals surface area (Å²) in [6.07, 6.45) is 6.71. The van der Waals surface area contributed by atoms with Crippen molar-refractivity contribution in [1.29, 1.82) is 0 Å². The average molecular weight is 293 g/mol. The second-order valence-corrected chi connectivity index (χ2v) is 4.86. The third-order valence-electron chi connectivity index (χ3n) is 3.47. The van der Waals surface area contributed by atoms with Crippen molar-refractivity contribution >= 4 is 6.08 Å². The Labute approximate surface area is 132 Å². The van der Waals surface area contributed by atoms with Crippen LogP contribution in [0.15, 0.2) is 49.1 Å². The number of ether oxygens (including phenoxy) is 2. The molecule has 2 heteroatoms. The first-order valence-electron chi connectivity index (χ1n) is 7.24. The highest BCUT2D eigenvalue weighted by molar-refractivity contribution is 5.80. The third kappa shape index (κ3) is 3.22. The van der Waals surface area contributed by atoms with Crippen LogP contribution in [0, 0.1) is 6.07 Å². The highest BCUT2D eigenvalue weighted by Gasteiger charge is 2.15. The number of benzene rings is 2. The van der Waals surface area contributed by atoms with Crippen molar-refractivity contribution in [1.82, 2.24) is 0 Å². The second-order valence-electron chi connectivity index (χ2n) is 4.86. The molecule has 0 spiro atoms. The summed E-state index contributed by atoms with van der Waals surface area (Å²) in [6.45, 7) is 5.83. The van der Waals surface area contributed by atoms with Crippen molar-refractivity contribution in [3.63, 3.8) is 0 Å². The summed E-state index contributed by atoms with van der Waals surface area (Å²) >= 11 is 0. The van der Waals surface area contributed by atoms with E-state index in [0.29, 0.717) is 0 Å². The van der Waals surface area contributed by atoms with E-state index in [1.807, 2.05) is 43.4 Å². The van der Waals surface area contributed by atoms with Crippen LogP contribution in [0.3, 0.4) is 0 Å². The Morgan fingerprint density at radius 1 is 1.18 bits per heavy atom. The molecule has 0 bridgehead atoms. The summed E-state index contributed by atoms with van der Waals surface area (Å²) < 4.78 is 11.1. The molecule has 0 fully saturated rings. The van der Waals surface area contributed by atoms with E-state index in [4.69, 9.17) is 9.47 Å². The van der Waals surface area contributed by atoms with Gasteiger partial charge in [0.25, 0.3) is 0 Å². The van der Waals surface area contributed by atoms with Gasteiger partial charge in [-0.05, 0) is 36.6 Å². The van der Waals surface area contributed by atoms with Crippen LogP contribution in [0.25, 0.3) is 17.2 Å². The summed E-state index contributed by atoms with van der Waals surface area (Å²) in [7, 11) is 3.35. The topological polar surface area (TPSA) is 18.5 Å². The van der Waals surface area contributed by atoms with Gasteiger partial charge in [-0.15, -0.1) is 6.58 Å². The van der Waals surface area contributed by atoms with Crippen LogP contribution < -0.4 is 9.47 Å².